The minimum atomic E-state index is -0.000470. The molecule has 0 aromatic carbocycles. The number of hydrogen-bond donors (Lipinski definition) is 0. The molecule has 2 aromatic rings. The van der Waals surface area contributed by atoms with Crippen LogP contribution in [-0.4, -0.2) is 47.4 Å². The Bertz CT molecular complexity index is 727. The van der Waals surface area contributed by atoms with Gasteiger partial charge in [-0.2, -0.15) is 0 Å². The van der Waals surface area contributed by atoms with E-state index in [0.717, 1.165) is 56.3 Å². The SMILES string of the molecule is Cc1cccc(COC[C@]23CCCO[C@H]2CCN(c2ncccn2)C3)n1. The number of aromatic nitrogens is 3. The largest absolute Gasteiger partial charge is 0.377 e. The highest BCUT2D eigenvalue weighted by Gasteiger charge is 2.46. The molecule has 138 valence electrons. The van der Waals surface area contributed by atoms with Crippen LogP contribution < -0.4 is 4.90 Å². The van der Waals surface area contributed by atoms with Crippen LogP contribution in [0.3, 0.4) is 0 Å². The van der Waals surface area contributed by atoms with Crippen molar-refractivity contribution >= 4 is 5.95 Å². The molecule has 6 heteroatoms. The average molecular weight is 354 g/mol. The summed E-state index contributed by atoms with van der Waals surface area (Å²) in [5.41, 5.74) is 2.00. The summed E-state index contributed by atoms with van der Waals surface area (Å²) in [6.45, 7) is 5.88. The number of hydrogen-bond acceptors (Lipinski definition) is 6. The Labute approximate surface area is 154 Å². The van der Waals surface area contributed by atoms with Crippen molar-refractivity contribution < 1.29 is 9.47 Å². The Kier molecular flexibility index (Phi) is 5.13. The number of anilines is 1. The van der Waals surface area contributed by atoms with Gasteiger partial charge in [-0.15, -0.1) is 0 Å². The van der Waals surface area contributed by atoms with Gasteiger partial charge < -0.3 is 14.4 Å². The summed E-state index contributed by atoms with van der Waals surface area (Å²) in [5, 5.41) is 0. The summed E-state index contributed by atoms with van der Waals surface area (Å²) in [7, 11) is 0. The van der Waals surface area contributed by atoms with Crippen LogP contribution in [0.15, 0.2) is 36.7 Å². The molecule has 0 amide bonds. The number of piperidine rings is 1. The van der Waals surface area contributed by atoms with Crippen LogP contribution in [0.4, 0.5) is 5.95 Å². The highest BCUT2D eigenvalue weighted by Crippen LogP contribution is 2.41. The molecular weight excluding hydrogens is 328 g/mol. The molecule has 0 bridgehead atoms. The molecule has 2 aromatic heterocycles. The summed E-state index contributed by atoms with van der Waals surface area (Å²) in [4.78, 5) is 15.7. The lowest BCUT2D eigenvalue weighted by Crippen LogP contribution is -2.57. The molecule has 0 saturated carbocycles. The summed E-state index contributed by atoms with van der Waals surface area (Å²) in [6, 6.07) is 7.91. The summed E-state index contributed by atoms with van der Waals surface area (Å²) in [5.74, 6) is 0.802. The second-order valence-corrected chi connectivity index (χ2v) is 7.35. The molecule has 26 heavy (non-hydrogen) atoms. The van der Waals surface area contributed by atoms with Crippen LogP contribution in [0, 0.1) is 12.3 Å². The van der Waals surface area contributed by atoms with Gasteiger partial charge in [0.15, 0.2) is 0 Å². The van der Waals surface area contributed by atoms with Gasteiger partial charge in [-0.1, -0.05) is 6.07 Å². The minimum Gasteiger partial charge on any atom is -0.377 e. The van der Waals surface area contributed by atoms with Gasteiger partial charge in [-0.3, -0.25) is 4.98 Å². The number of nitrogens with zero attached hydrogens (tertiary/aromatic N) is 4. The third-order valence-electron chi connectivity index (χ3n) is 5.41. The summed E-state index contributed by atoms with van der Waals surface area (Å²) < 4.78 is 12.3. The Balaban J connectivity index is 1.46. The fourth-order valence-corrected chi connectivity index (χ4v) is 4.16. The molecule has 0 spiro atoms. The number of pyridine rings is 1. The van der Waals surface area contributed by atoms with Crippen LogP contribution in [0.1, 0.15) is 30.7 Å². The molecule has 0 radical (unpaired) electrons. The molecule has 2 aliphatic heterocycles. The van der Waals surface area contributed by atoms with E-state index in [4.69, 9.17) is 9.47 Å². The standard InChI is InChI=1S/C20H26N4O2/c1-16-5-2-6-17(23-16)13-25-15-20-8-3-12-26-18(20)7-11-24(14-20)19-21-9-4-10-22-19/h2,4-6,9-10,18H,3,7-8,11-15H2,1H3/t18-,20+/m0/s1. The zero-order valence-corrected chi connectivity index (χ0v) is 15.3. The van der Waals surface area contributed by atoms with E-state index in [9.17, 15) is 0 Å². The van der Waals surface area contributed by atoms with Crippen LogP contribution in [-0.2, 0) is 16.1 Å². The van der Waals surface area contributed by atoms with Gasteiger partial charge in [0, 0.05) is 43.2 Å². The lowest BCUT2D eigenvalue weighted by atomic mass is 9.73. The molecule has 0 aliphatic carbocycles. The molecule has 2 saturated heterocycles. The Morgan fingerprint density at radius 3 is 3.00 bits per heavy atom. The van der Waals surface area contributed by atoms with Crippen molar-refractivity contribution in [2.45, 2.75) is 38.9 Å². The third-order valence-corrected chi connectivity index (χ3v) is 5.41. The van der Waals surface area contributed by atoms with E-state index in [1.807, 2.05) is 31.2 Å². The second kappa shape index (κ2) is 7.68. The maximum absolute atomic E-state index is 6.15. The third kappa shape index (κ3) is 3.71. The van der Waals surface area contributed by atoms with E-state index in [0.29, 0.717) is 13.2 Å². The first kappa shape index (κ1) is 17.4. The molecule has 4 rings (SSSR count). The Hall–Kier alpha value is -2.05. The topological polar surface area (TPSA) is 60.4 Å². The second-order valence-electron chi connectivity index (χ2n) is 7.35. The smallest absolute Gasteiger partial charge is 0.225 e. The van der Waals surface area contributed by atoms with Gasteiger partial charge in [0.25, 0.3) is 0 Å². The van der Waals surface area contributed by atoms with Crippen LogP contribution >= 0.6 is 0 Å². The first-order valence-corrected chi connectivity index (χ1v) is 9.39. The lowest BCUT2D eigenvalue weighted by Gasteiger charge is -2.50. The van der Waals surface area contributed by atoms with Crippen LogP contribution in [0.2, 0.25) is 0 Å². The van der Waals surface area contributed by atoms with Crippen LogP contribution in [0.25, 0.3) is 0 Å². The van der Waals surface area contributed by atoms with Gasteiger partial charge in [0.05, 0.1) is 25.0 Å². The van der Waals surface area contributed by atoms with Gasteiger partial charge in [-0.05, 0) is 44.4 Å². The average Bonchev–Trinajstić information content (AvgIpc) is 2.68. The maximum atomic E-state index is 6.15. The molecule has 6 nitrogen and oxygen atoms in total. The van der Waals surface area contributed by atoms with E-state index < -0.39 is 0 Å². The van der Waals surface area contributed by atoms with Crippen LogP contribution in [0.5, 0.6) is 0 Å². The minimum absolute atomic E-state index is 0.000470. The van der Waals surface area contributed by atoms with E-state index in [1.54, 1.807) is 12.4 Å². The Morgan fingerprint density at radius 2 is 2.15 bits per heavy atom. The summed E-state index contributed by atoms with van der Waals surface area (Å²) in [6.07, 6.45) is 7.04. The number of aryl methyl sites for hydroxylation is 1. The quantitative estimate of drug-likeness (QED) is 0.823. The van der Waals surface area contributed by atoms with Crippen molar-refractivity contribution in [2.24, 2.45) is 5.41 Å². The van der Waals surface area contributed by atoms with Gasteiger partial charge in [0.1, 0.15) is 0 Å². The molecule has 2 atom stereocenters. The molecule has 0 N–H and O–H groups in total. The van der Waals surface area contributed by atoms with Gasteiger partial charge in [-0.25, -0.2) is 9.97 Å². The fourth-order valence-electron chi connectivity index (χ4n) is 4.16. The van der Waals surface area contributed by atoms with Crippen molar-refractivity contribution in [3.63, 3.8) is 0 Å². The van der Waals surface area contributed by atoms with E-state index in [1.165, 1.54) is 0 Å². The lowest BCUT2D eigenvalue weighted by molar-refractivity contribution is -0.128. The first-order valence-electron chi connectivity index (χ1n) is 9.39. The fraction of sp³-hybridized carbons (Fsp3) is 0.550. The predicted molar refractivity (Wildman–Crippen MR) is 98.9 cm³/mol. The number of fused-ring (bicyclic) bond motifs is 1. The van der Waals surface area contributed by atoms with Crippen molar-refractivity contribution in [1.82, 2.24) is 15.0 Å². The summed E-state index contributed by atoms with van der Waals surface area (Å²) >= 11 is 0. The molecular formula is C20H26N4O2. The normalized spacial score (nSPS) is 25.7. The zero-order chi connectivity index (χ0) is 17.8. The monoisotopic (exact) mass is 354 g/mol. The van der Waals surface area contributed by atoms with E-state index in [2.05, 4.69) is 19.9 Å². The van der Waals surface area contributed by atoms with Gasteiger partial charge in [0.2, 0.25) is 5.95 Å². The Morgan fingerprint density at radius 1 is 1.27 bits per heavy atom. The van der Waals surface area contributed by atoms with Crippen molar-refractivity contribution in [1.29, 1.82) is 0 Å². The number of ether oxygens (including phenoxy) is 2. The highest BCUT2D eigenvalue weighted by molar-refractivity contribution is 5.31. The maximum Gasteiger partial charge on any atom is 0.225 e. The molecule has 2 fully saturated rings. The highest BCUT2D eigenvalue weighted by atomic mass is 16.5. The zero-order valence-electron chi connectivity index (χ0n) is 15.3. The molecule has 0 unspecified atom stereocenters. The van der Waals surface area contributed by atoms with Crippen molar-refractivity contribution in [3.8, 4) is 0 Å². The molecule has 2 aliphatic rings. The van der Waals surface area contributed by atoms with Crippen molar-refractivity contribution in [2.75, 3.05) is 31.2 Å². The van der Waals surface area contributed by atoms with E-state index in [-0.39, 0.29) is 11.5 Å². The van der Waals surface area contributed by atoms with Crippen molar-refractivity contribution in [3.05, 3.63) is 48.0 Å². The molecule has 4 heterocycles. The van der Waals surface area contributed by atoms with Gasteiger partial charge >= 0.3 is 0 Å². The predicted octanol–water partition coefficient (Wildman–Crippen LogP) is 2.77. The number of rotatable bonds is 5. The van der Waals surface area contributed by atoms with E-state index >= 15 is 0 Å². The first-order chi connectivity index (χ1) is 12.8.